The summed E-state index contributed by atoms with van der Waals surface area (Å²) < 4.78 is 7.76. The van der Waals surface area contributed by atoms with E-state index in [9.17, 15) is 5.11 Å². The van der Waals surface area contributed by atoms with Crippen LogP contribution in [0.25, 0.3) is 11.0 Å². The molecule has 3 aromatic rings. The summed E-state index contributed by atoms with van der Waals surface area (Å²) in [7, 11) is 0. The van der Waals surface area contributed by atoms with E-state index < -0.39 is 6.10 Å². The molecule has 1 atom stereocenters. The Bertz CT molecular complexity index is 778. The largest absolute Gasteiger partial charge is 0.491 e. The van der Waals surface area contributed by atoms with Gasteiger partial charge in [0, 0.05) is 6.42 Å². The van der Waals surface area contributed by atoms with Gasteiger partial charge in [0.2, 0.25) is 0 Å². The molecule has 0 saturated carbocycles. The van der Waals surface area contributed by atoms with Crippen molar-refractivity contribution in [2.45, 2.75) is 32.9 Å². The van der Waals surface area contributed by atoms with Crippen molar-refractivity contribution in [2.24, 2.45) is 0 Å². The zero-order valence-corrected chi connectivity index (χ0v) is 13.6. The summed E-state index contributed by atoms with van der Waals surface area (Å²) in [6.45, 7) is 4.86. The van der Waals surface area contributed by atoms with Gasteiger partial charge in [-0.15, -0.1) is 0 Å². The molecule has 0 aliphatic heterocycles. The zero-order valence-electron chi connectivity index (χ0n) is 13.6. The molecule has 0 fully saturated rings. The van der Waals surface area contributed by atoms with E-state index in [1.807, 2.05) is 55.5 Å². The Morgan fingerprint density at radius 1 is 1.13 bits per heavy atom. The van der Waals surface area contributed by atoms with Crippen LogP contribution in [0.4, 0.5) is 0 Å². The third kappa shape index (κ3) is 3.54. The van der Waals surface area contributed by atoms with E-state index in [1.54, 1.807) is 0 Å². The highest BCUT2D eigenvalue weighted by Crippen LogP contribution is 2.17. The summed E-state index contributed by atoms with van der Waals surface area (Å²) in [5.41, 5.74) is 3.21. The number of benzene rings is 2. The first-order chi connectivity index (χ1) is 11.2. The van der Waals surface area contributed by atoms with Gasteiger partial charge in [0.25, 0.3) is 0 Å². The van der Waals surface area contributed by atoms with Gasteiger partial charge in [-0.1, -0.05) is 36.8 Å². The molecule has 23 heavy (non-hydrogen) atoms. The highest BCUT2D eigenvalue weighted by molar-refractivity contribution is 5.75. The maximum absolute atomic E-state index is 10.3. The minimum absolute atomic E-state index is 0.263. The first kappa shape index (κ1) is 15.6. The molecule has 0 unspecified atom stereocenters. The molecule has 2 aromatic carbocycles. The summed E-state index contributed by atoms with van der Waals surface area (Å²) in [6, 6.07) is 15.9. The Kier molecular flexibility index (Phi) is 4.63. The third-order valence-corrected chi connectivity index (χ3v) is 3.91. The number of aryl methyl sites for hydroxylation is 2. The van der Waals surface area contributed by atoms with Gasteiger partial charge in [0.05, 0.1) is 17.6 Å². The molecule has 4 nitrogen and oxygen atoms in total. The van der Waals surface area contributed by atoms with Gasteiger partial charge in [-0.05, 0) is 31.2 Å². The molecule has 0 amide bonds. The number of ether oxygens (including phenoxy) is 1. The van der Waals surface area contributed by atoms with Crippen LogP contribution in [0.5, 0.6) is 5.75 Å². The van der Waals surface area contributed by atoms with Gasteiger partial charge in [0.1, 0.15) is 24.3 Å². The summed E-state index contributed by atoms with van der Waals surface area (Å²) in [4.78, 5) is 4.62. The van der Waals surface area contributed by atoms with Crippen molar-refractivity contribution >= 4 is 11.0 Å². The number of rotatable bonds is 6. The Hall–Kier alpha value is -2.33. The standard InChI is InChI=1S/C19H22N2O2/c1-3-19-20-17-6-4-5-7-18(17)21(19)12-15(22)13-23-16-10-8-14(2)9-11-16/h4-11,15,22H,3,12-13H2,1-2H3/t15-/m1/s1. The molecule has 0 aliphatic carbocycles. The van der Waals surface area contributed by atoms with Crippen LogP contribution in [-0.2, 0) is 13.0 Å². The Morgan fingerprint density at radius 2 is 1.87 bits per heavy atom. The maximum atomic E-state index is 10.3. The molecule has 1 aromatic heterocycles. The molecule has 4 heteroatoms. The number of hydrogen-bond donors (Lipinski definition) is 1. The van der Waals surface area contributed by atoms with Crippen LogP contribution in [0.1, 0.15) is 18.3 Å². The molecule has 1 N–H and O–H groups in total. The van der Waals surface area contributed by atoms with Crippen LogP contribution in [0.3, 0.4) is 0 Å². The predicted molar refractivity (Wildman–Crippen MR) is 91.8 cm³/mol. The van der Waals surface area contributed by atoms with Gasteiger partial charge >= 0.3 is 0 Å². The third-order valence-electron chi connectivity index (χ3n) is 3.91. The van der Waals surface area contributed by atoms with Crippen molar-refractivity contribution in [3.8, 4) is 5.75 Å². The highest BCUT2D eigenvalue weighted by atomic mass is 16.5. The molecule has 0 saturated heterocycles. The number of aromatic nitrogens is 2. The molecule has 1 heterocycles. The fourth-order valence-corrected chi connectivity index (χ4v) is 2.69. The second kappa shape index (κ2) is 6.84. The molecule has 3 rings (SSSR count). The second-order valence-electron chi connectivity index (χ2n) is 5.76. The molecular weight excluding hydrogens is 288 g/mol. The maximum Gasteiger partial charge on any atom is 0.119 e. The summed E-state index contributed by atoms with van der Waals surface area (Å²) in [6.07, 6.45) is 0.249. The van der Waals surface area contributed by atoms with Crippen LogP contribution < -0.4 is 4.74 Å². The number of para-hydroxylation sites is 2. The van der Waals surface area contributed by atoms with Crippen molar-refractivity contribution in [1.82, 2.24) is 9.55 Å². The van der Waals surface area contributed by atoms with Crippen molar-refractivity contribution in [3.05, 3.63) is 59.9 Å². The lowest BCUT2D eigenvalue weighted by Crippen LogP contribution is -2.24. The van der Waals surface area contributed by atoms with Crippen molar-refractivity contribution in [3.63, 3.8) is 0 Å². The van der Waals surface area contributed by atoms with Crippen LogP contribution in [0.2, 0.25) is 0 Å². The molecule has 0 bridgehead atoms. The number of aliphatic hydroxyl groups excluding tert-OH is 1. The van der Waals surface area contributed by atoms with Gasteiger partial charge in [-0.3, -0.25) is 0 Å². The summed E-state index contributed by atoms with van der Waals surface area (Å²) in [5, 5.41) is 10.3. The smallest absolute Gasteiger partial charge is 0.119 e. The predicted octanol–water partition coefficient (Wildman–Crippen LogP) is 3.35. The molecule has 0 aliphatic rings. The molecule has 0 radical (unpaired) electrons. The number of aliphatic hydroxyl groups is 1. The van der Waals surface area contributed by atoms with Crippen molar-refractivity contribution in [2.75, 3.05) is 6.61 Å². The molecule has 120 valence electrons. The fraction of sp³-hybridized carbons (Fsp3) is 0.316. The lowest BCUT2D eigenvalue weighted by atomic mass is 10.2. The van der Waals surface area contributed by atoms with E-state index in [1.165, 1.54) is 5.56 Å². The number of fused-ring (bicyclic) bond motifs is 1. The van der Waals surface area contributed by atoms with E-state index in [4.69, 9.17) is 4.74 Å². The Morgan fingerprint density at radius 3 is 2.61 bits per heavy atom. The normalized spacial score (nSPS) is 12.5. The fourth-order valence-electron chi connectivity index (χ4n) is 2.69. The van der Waals surface area contributed by atoms with Crippen LogP contribution in [-0.4, -0.2) is 27.4 Å². The number of imidazole rings is 1. The number of nitrogens with zero attached hydrogens (tertiary/aromatic N) is 2. The minimum Gasteiger partial charge on any atom is -0.491 e. The van der Waals surface area contributed by atoms with Crippen LogP contribution in [0.15, 0.2) is 48.5 Å². The topological polar surface area (TPSA) is 47.3 Å². The molecule has 0 spiro atoms. The van der Waals surface area contributed by atoms with Gasteiger partial charge < -0.3 is 14.4 Å². The van der Waals surface area contributed by atoms with E-state index in [2.05, 4.69) is 16.5 Å². The van der Waals surface area contributed by atoms with E-state index >= 15 is 0 Å². The quantitative estimate of drug-likeness (QED) is 0.759. The van der Waals surface area contributed by atoms with E-state index in [0.717, 1.165) is 29.0 Å². The van der Waals surface area contributed by atoms with Crippen LogP contribution in [0, 0.1) is 6.92 Å². The highest BCUT2D eigenvalue weighted by Gasteiger charge is 2.13. The SMILES string of the molecule is CCc1nc2ccccc2n1C[C@@H](O)COc1ccc(C)cc1. The monoisotopic (exact) mass is 310 g/mol. The first-order valence-corrected chi connectivity index (χ1v) is 7.99. The van der Waals surface area contributed by atoms with E-state index in [-0.39, 0.29) is 6.61 Å². The molecular formula is C19H22N2O2. The van der Waals surface area contributed by atoms with Crippen LogP contribution >= 0.6 is 0 Å². The lowest BCUT2D eigenvalue weighted by molar-refractivity contribution is 0.0927. The Balaban J connectivity index is 1.70. The van der Waals surface area contributed by atoms with E-state index in [0.29, 0.717) is 6.54 Å². The average molecular weight is 310 g/mol. The lowest BCUT2D eigenvalue weighted by Gasteiger charge is -2.15. The summed E-state index contributed by atoms with van der Waals surface area (Å²) in [5.74, 6) is 1.77. The Labute approximate surface area is 136 Å². The average Bonchev–Trinajstić information content (AvgIpc) is 2.92. The van der Waals surface area contributed by atoms with Gasteiger partial charge in [0.15, 0.2) is 0 Å². The van der Waals surface area contributed by atoms with Crippen molar-refractivity contribution in [1.29, 1.82) is 0 Å². The zero-order chi connectivity index (χ0) is 16.2. The van der Waals surface area contributed by atoms with Gasteiger partial charge in [-0.2, -0.15) is 0 Å². The number of hydrogen-bond acceptors (Lipinski definition) is 3. The van der Waals surface area contributed by atoms with Gasteiger partial charge in [-0.25, -0.2) is 4.98 Å². The minimum atomic E-state index is -0.584. The first-order valence-electron chi connectivity index (χ1n) is 7.99. The second-order valence-corrected chi connectivity index (χ2v) is 5.76. The summed E-state index contributed by atoms with van der Waals surface area (Å²) >= 11 is 0. The van der Waals surface area contributed by atoms with Crippen molar-refractivity contribution < 1.29 is 9.84 Å².